The number of alkyl halides is 11. The predicted molar refractivity (Wildman–Crippen MR) is 31.3 cm³/mol. The summed E-state index contributed by atoms with van der Waals surface area (Å²) >= 11 is 0. The molecule has 19 heavy (non-hydrogen) atoms. The van der Waals surface area contributed by atoms with Crippen molar-refractivity contribution < 1.29 is 57.1 Å². The molecule has 0 aliphatic heterocycles. The van der Waals surface area contributed by atoms with E-state index in [9.17, 15) is 57.1 Å². The van der Waals surface area contributed by atoms with Gasteiger partial charge >= 0.3 is 23.9 Å². The van der Waals surface area contributed by atoms with E-state index >= 15 is 0 Å². The molecule has 0 aromatic rings. The van der Waals surface area contributed by atoms with Crippen LogP contribution in [0.4, 0.5) is 57.1 Å². The van der Waals surface area contributed by atoms with Gasteiger partial charge in [0.2, 0.25) is 0 Å². The molecule has 0 unspecified atom stereocenters. The zero-order chi connectivity index (χ0) is 16.1. The Balaban J connectivity index is 5.92. The molecule has 0 aromatic heterocycles. The number of hydrogen-bond acceptors (Lipinski definition) is 0. The maximum absolute atomic E-state index is 12.3. The Morgan fingerprint density at radius 3 is 1.00 bits per heavy atom. The molecule has 0 spiro atoms. The van der Waals surface area contributed by atoms with Crippen LogP contribution in [0.1, 0.15) is 0 Å². The Bertz CT molecular complexity index is 323. The van der Waals surface area contributed by atoms with Crippen molar-refractivity contribution in [1.82, 2.24) is 0 Å². The molecular weight excluding hydrogens is 319 g/mol. The molecule has 0 fully saturated rings. The Morgan fingerprint density at radius 1 is 0.474 bits per heavy atom. The summed E-state index contributed by atoms with van der Waals surface area (Å²) in [5.41, 5.74) is 0. The second kappa shape index (κ2) is 4.30. The van der Waals surface area contributed by atoms with Crippen LogP contribution in [0.3, 0.4) is 0 Å². The molecular formula is C6F13-. The summed E-state index contributed by atoms with van der Waals surface area (Å²) < 4.78 is 154. The van der Waals surface area contributed by atoms with E-state index in [4.69, 9.17) is 0 Å². The molecule has 0 aromatic carbocycles. The molecule has 0 nitrogen and oxygen atoms in total. The Labute approximate surface area is 94.7 Å². The van der Waals surface area contributed by atoms with Crippen LogP contribution in [0, 0.1) is 6.43 Å². The third-order valence-corrected chi connectivity index (χ3v) is 1.78. The van der Waals surface area contributed by atoms with Crippen LogP contribution >= 0.6 is 0 Å². The van der Waals surface area contributed by atoms with E-state index < -0.39 is 36.3 Å². The fourth-order valence-corrected chi connectivity index (χ4v) is 0.691. The van der Waals surface area contributed by atoms with Gasteiger partial charge in [0.1, 0.15) is 0 Å². The van der Waals surface area contributed by atoms with Gasteiger partial charge in [0, 0.05) is 0 Å². The average molecular weight is 319 g/mol. The van der Waals surface area contributed by atoms with Crippen molar-refractivity contribution in [3.8, 4) is 0 Å². The third kappa shape index (κ3) is 2.30. The average Bonchev–Trinajstić information content (AvgIpc) is 2.14. The first-order chi connectivity index (χ1) is 7.94. The predicted octanol–water partition coefficient (Wildman–Crippen LogP) is 4.52. The van der Waals surface area contributed by atoms with Crippen LogP contribution < -0.4 is 0 Å². The highest BCUT2D eigenvalue weighted by Crippen LogP contribution is 2.59. The number of hydrogen-bond donors (Lipinski definition) is 0. The molecule has 0 saturated heterocycles. The lowest BCUT2D eigenvalue weighted by Crippen LogP contribution is -2.67. The topological polar surface area (TPSA) is 0 Å². The van der Waals surface area contributed by atoms with Gasteiger partial charge < -0.3 is 8.78 Å². The van der Waals surface area contributed by atoms with Gasteiger partial charge in [-0.3, -0.25) is 0 Å². The summed E-state index contributed by atoms with van der Waals surface area (Å²) in [6.07, 6.45) is -12.1. The lowest BCUT2D eigenvalue weighted by atomic mass is 9.98. The Morgan fingerprint density at radius 2 is 0.789 bits per heavy atom. The first-order valence-electron chi connectivity index (χ1n) is 3.71. The quantitative estimate of drug-likeness (QED) is 0.528. The van der Waals surface area contributed by atoms with E-state index in [-0.39, 0.29) is 0 Å². The highest BCUT2D eigenvalue weighted by Gasteiger charge is 2.86. The molecule has 0 aliphatic carbocycles. The van der Waals surface area contributed by atoms with Crippen molar-refractivity contribution in [1.29, 1.82) is 0 Å². The van der Waals surface area contributed by atoms with Gasteiger partial charge in [0.05, 0.1) is 6.43 Å². The molecule has 0 N–H and O–H groups in total. The van der Waals surface area contributed by atoms with E-state index in [2.05, 4.69) is 0 Å². The van der Waals surface area contributed by atoms with Crippen LogP contribution in [-0.2, 0) is 0 Å². The molecule has 116 valence electrons. The van der Waals surface area contributed by atoms with Gasteiger partial charge in [-0.2, -0.15) is 39.5 Å². The van der Waals surface area contributed by atoms with Crippen molar-refractivity contribution in [2.24, 2.45) is 0 Å². The van der Waals surface area contributed by atoms with Crippen LogP contribution in [-0.4, -0.2) is 29.9 Å². The third-order valence-electron chi connectivity index (χ3n) is 1.78. The van der Waals surface area contributed by atoms with E-state index in [1.165, 1.54) is 0 Å². The summed E-state index contributed by atoms with van der Waals surface area (Å²) in [6.45, 7) is 0. The van der Waals surface area contributed by atoms with E-state index in [0.29, 0.717) is 0 Å². The SMILES string of the molecule is F[C-](F)C(F)(F)C(F)(F)C(F)(F)C(F)(F)C(F)(F)F. The molecule has 0 amide bonds. The second-order valence-corrected chi connectivity index (χ2v) is 3.06. The highest BCUT2D eigenvalue weighted by atomic mass is 19.4. The minimum absolute atomic E-state index is 4.74. The second-order valence-electron chi connectivity index (χ2n) is 3.06. The van der Waals surface area contributed by atoms with Crippen molar-refractivity contribution >= 4 is 0 Å². The molecule has 0 heterocycles. The zero-order valence-corrected chi connectivity index (χ0v) is 7.91. The molecule has 0 rings (SSSR count). The summed E-state index contributed by atoms with van der Waals surface area (Å²) in [5, 5.41) is 0. The Hall–Kier alpha value is -0.910. The van der Waals surface area contributed by atoms with Crippen LogP contribution in [0.25, 0.3) is 0 Å². The van der Waals surface area contributed by atoms with Crippen molar-refractivity contribution in [3.63, 3.8) is 0 Å². The van der Waals surface area contributed by atoms with Crippen LogP contribution in [0.5, 0.6) is 0 Å². The summed E-state index contributed by atoms with van der Waals surface area (Å²) in [6, 6.07) is 0. The van der Waals surface area contributed by atoms with Gasteiger partial charge in [0.15, 0.2) is 0 Å². The molecule has 13 heteroatoms. The number of halogens is 13. The fraction of sp³-hybridized carbons (Fsp3) is 0.833. The van der Waals surface area contributed by atoms with E-state index in [1.54, 1.807) is 0 Å². The fourth-order valence-electron chi connectivity index (χ4n) is 0.691. The lowest BCUT2D eigenvalue weighted by molar-refractivity contribution is -0.424. The molecule has 0 aliphatic rings. The first kappa shape index (κ1) is 18.1. The minimum Gasteiger partial charge on any atom is -0.415 e. The first-order valence-corrected chi connectivity index (χ1v) is 3.71. The molecule has 0 saturated carbocycles. The monoisotopic (exact) mass is 319 g/mol. The number of rotatable bonds is 4. The van der Waals surface area contributed by atoms with Crippen molar-refractivity contribution in [3.05, 3.63) is 6.43 Å². The van der Waals surface area contributed by atoms with Gasteiger partial charge in [-0.25, -0.2) is 8.78 Å². The van der Waals surface area contributed by atoms with Gasteiger partial charge in [-0.15, -0.1) is 0 Å². The molecule has 0 radical (unpaired) electrons. The van der Waals surface area contributed by atoms with Crippen molar-refractivity contribution in [2.45, 2.75) is 29.9 Å². The lowest BCUT2D eigenvalue weighted by Gasteiger charge is -2.40. The van der Waals surface area contributed by atoms with Crippen LogP contribution in [0.15, 0.2) is 0 Å². The molecule has 0 atom stereocenters. The van der Waals surface area contributed by atoms with Gasteiger partial charge in [0.25, 0.3) is 5.92 Å². The van der Waals surface area contributed by atoms with E-state index in [0.717, 1.165) is 0 Å². The minimum atomic E-state index is -7.80. The summed E-state index contributed by atoms with van der Waals surface area (Å²) in [7, 11) is 0. The highest BCUT2D eigenvalue weighted by molar-refractivity contribution is 5.10. The standard InChI is InChI=1S/C6F13/c7-1(8)2(9,10)3(11,12)4(13,14)5(15,16)6(17,18)19/q-1. The van der Waals surface area contributed by atoms with Gasteiger partial charge in [-0.1, -0.05) is 0 Å². The van der Waals surface area contributed by atoms with E-state index in [1.807, 2.05) is 0 Å². The zero-order valence-electron chi connectivity index (χ0n) is 7.91. The summed E-state index contributed by atoms with van der Waals surface area (Å²) in [5.74, 6) is -30.3. The maximum Gasteiger partial charge on any atom is 0.460 e. The van der Waals surface area contributed by atoms with Crippen LogP contribution in [0.2, 0.25) is 0 Å². The Kier molecular flexibility index (Phi) is 4.09. The van der Waals surface area contributed by atoms with Gasteiger partial charge in [-0.05, 0) is 0 Å². The summed E-state index contributed by atoms with van der Waals surface area (Å²) in [4.78, 5) is 0. The smallest absolute Gasteiger partial charge is 0.415 e. The normalized spacial score (nSPS) is 16.1. The maximum atomic E-state index is 12.3. The molecule has 0 bridgehead atoms. The van der Waals surface area contributed by atoms with Crippen molar-refractivity contribution in [2.75, 3.05) is 0 Å². The largest absolute Gasteiger partial charge is 0.460 e.